The second-order valence-corrected chi connectivity index (χ2v) is 11.8. The van der Waals surface area contributed by atoms with Crippen molar-refractivity contribution in [1.82, 2.24) is 5.32 Å². The zero-order valence-electron chi connectivity index (χ0n) is 19.1. The number of rotatable bonds is 4. The molecule has 0 saturated carbocycles. The minimum atomic E-state index is -5.41. The Bertz CT molecular complexity index is 1340. The topological polar surface area (TPSA) is 58.5 Å². The van der Waals surface area contributed by atoms with Crippen molar-refractivity contribution in [2.24, 2.45) is 4.99 Å². The summed E-state index contributed by atoms with van der Waals surface area (Å²) in [5.41, 5.74) is -8.95. The molecule has 2 aromatic rings. The molecule has 2 aliphatic rings. The lowest BCUT2D eigenvalue weighted by molar-refractivity contribution is -0.183. The number of halogens is 11. The van der Waals surface area contributed by atoms with Gasteiger partial charge in [-0.3, -0.25) is 14.0 Å². The van der Waals surface area contributed by atoms with Crippen LogP contribution in [0.4, 0.5) is 39.5 Å². The molecule has 1 N–H and O–H groups in total. The van der Waals surface area contributed by atoms with Crippen molar-refractivity contribution in [1.29, 1.82) is 0 Å². The summed E-state index contributed by atoms with van der Waals surface area (Å²) in [7, 11) is -1.03. The zero-order chi connectivity index (χ0) is 29.1. The highest BCUT2D eigenvalue weighted by Crippen LogP contribution is 2.52. The molecule has 212 valence electrons. The van der Waals surface area contributed by atoms with Crippen LogP contribution in [-0.4, -0.2) is 51.5 Å². The molecular weight excluding hydrogens is 655 g/mol. The van der Waals surface area contributed by atoms with Crippen molar-refractivity contribution < 1.29 is 48.5 Å². The first-order valence-corrected chi connectivity index (χ1v) is 13.6. The summed E-state index contributed by atoms with van der Waals surface area (Å²) in [6.07, 6.45) is -16.1. The second-order valence-electron chi connectivity index (χ2n) is 8.97. The SMILES string of the molecule is O=C(NC1CS(=O)C1)c1ccc(C2=NCC(c3cc(C(F)(F)F)cc(C(F)(F)F)c3)(C(F)(F)F)C2Cl)cc1Br. The molecule has 1 fully saturated rings. The maximum Gasteiger partial charge on any atom is 0.416 e. The summed E-state index contributed by atoms with van der Waals surface area (Å²) in [6, 6.07) is 3.12. The lowest BCUT2D eigenvalue weighted by atomic mass is 9.75. The molecule has 0 spiro atoms. The number of nitrogens with one attached hydrogen (secondary N) is 1. The van der Waals surface area contributed by atoms with E-state index in [1.165, 1.54) is 18.2 Å². The summed E-state index contributed by atoms with van der Waals surface area (Å²) in [5.74, 6) is -0.00612. The number of hydrogen-bond acceptors (Lipinski definition) is 3. The lowest BCUT2D eigenvalue weighted by Crippen LogP contribution is -2.51. The smallest absolute Gasteiger partial charge is 0.347 e. The summed E-state index contributed by atoms with van der Waals surface area (Å²) in [5, 5.41) is 0.431. The van der Waals surface area contributed by atoms with E-state index >= 15 is 0 Å². The van der Waals surface area contributed by atoms with Gasteiger partial charge in [-0.15, -0.1) is 11.6 Å². The van der Waals surface area contributed by atoms with Gasteiger partial charge >= 0.3 is 18.5 Å². The Morgan fingerprint density at radius 1 is 0.974 bits per heavy atom. The van der Waals surface area contributed by atoms with Crippen LogP contribution in [0.3, 0.4) is 0 Å². The number of alkyl halides is 10. The predicted octanol–water partition coefficient (Wildman–Crippen LogP) is 6.26. The Morgan fingerprint density at radius 2 is 1.54 bits per heavy atom. The Labute approximate surface area is 230 Å². The molecule has 2 aromatic carbocycles. The van der Waals surface area contributed by atoms with Crippen LogP contribution >= 0.6 is 27.5 Å². The van der Waals surface area contributed by atoms with Gasteiger partial charge in [-0.05, 0) is 57.4 Å². The molecule has 39 heavy (non-hydrogen) atoms. The van der Waals surface area contributed by atoms with Gasteiger partial charge in [0.05, 0.1) is 40.4 Å². The summed E-state index contributed by atoms with van der Waals surface area (Å²) >= 11 is 9.36. The van der Waals surface area contributed by atoms with Gasteiger partial charge in [-0.2, -0.15) is 39.5 Å². The molecule has 0 aromatic heterocycles. The van der Waals surface area contributed by atoms with E-state index in [1.54, 1.807) is 0 Å². The molecule has 1 saturated heterocycles. The van der Waals surface area contributed by atoms with E-state index in [9.17, 15) is 48.5 Å². The van der Waals surface area contributed by atoms with Gasteiger partial charge in [-0.1, -0.05) is 6.07 Å². The van der Waals surface area contributed by atoms with E-state index < -0.39 is 75.0 Å². The normalized spacial score (nSPS) is 25.7. The lowest BCUT2D eigenvalue weighted by Gasteiger charge is -2.35. The molecule has 1 amide bonds. The Morgan fingerprint density at radius 3 is 2.00 bits per heavy atom. The third kappa shape index (κ3) is 5.58. The fourth-order valence-corrected chi connectivity index (χ4v) is 6.33. The molecular formula is C23H15BrClF9N2O2S. The summed E-state index contributed by atoms with van der Waals surface area (Å²) in [4.78, 5) is 16.3. The summed E-state index contributed by atoms with van der Waals surface area (Å²) in [6.45, 7) is -1.27. The van der Waals surface area contributed by atoms with Gasteiger partial charge in [-0.25, -0.2) is 0 Å². The maximum atomic E-state index is 14.5. The van der Waals surface area contributed by atoms with E-state index in [0.717, 1.165) is 0 Å². The highest BCUT2D eigenvalue weighted by Gasteiger charge is 2.64. The maximum absolute atomic E-state index is 14.5. The number of aliphatic imine (C=N–C) groups is 1. The first kappa shape index (κ1) is 29.8. The zero-order valence-corrected chi connectivity index (χ0v) is 22.2. The highest BCUT2D eigenvalue weighted by atomic mass is 79.9. The fraction of sp³-hybridized carbons (Fsp3) is 0.391. The average Bonchev–Trinajstić information content (AvgIpc) is 3.14. The third-order valence-corrected chi connectivity index (χ3v) is 9.18. The molecule has 0 bridgehead atoms. The van der Waals surface area contributed by atoms with E-state index in [1.807, 2.05) is 0 Å². The Balaban J connectivity index is 1.73. The molecule has 2 atom stereocenters. The van der Waals surface area contributed by atoms with Crippen molar-refractivity contribution in [3.05, 3.63) is 68.7 Å². The van der Waals surface area contributed by atoms with E-state index in [-0.39, 0.29) is 51.3 Å². The number of carbonyl (C=O) groups is 1. The molecule has 2 unspecified atom stereocenters. The van der Waals surface area contributed by atoms with Crippen LogP contribution in [0.1, 0.15) is 32.6 Å². The van der Waals surface area contributed by atoms with Crippen molar-refractivity contribution in [3.8, 4) is 0 Å². The van der Waals surface area contributed by atoms with E-state index in [4.69, 9.17) is 11.6 Å². The van der Waals surface area contributed by atoms with Gasteiger partial charge in [0.25, 0.3) is 5.91 Å². The van der Waals surface area contributed by atoms with E-state index in [0.29, 0.717) is 0 Å². The minimum absolute atomic E-state index is 0.00734. The van der Waals surface area contributed by atoms with Crippen molar-refractivity contribution >= 4 is 49.9 Å². The molecule has 16 heteroatoms. The van der Waals surface area contributed by atoms with Crippen LogP contribution in [0, 0.1) is 0 Å². The molecule has 2 aliphatic heterocycles. The van der Waals surface area contributed by atoms with Crippen LogP contribution in [0.15, 0.2) is 45.9 Å². The van der Waals surface area contributed by atoms with E-state index in [2.05, 4.69) is 26.2 Å². The number of amides is 1. The first-order valence-electron chi connectivity index (χ1n) is 10.9. The van der Waals surface area contributed by atoms with Crippen molar-refractivity contribution in [2.45, 2.75) is 35.4 Å². The number of hydrogen-bond donors (Lipinski definition) is 1. The van der Waals surface area contributed by atoms with Crippen molar-refractivity contribution in [2.75, 3.05) is 18.1 Å². The van der Waals surface area contributed by atoms with Gasteiger partial charge in [0.2, 0.25) is 0 Å². The Hall–Kier alpha value is -2.13. The van der Waals surface area contributed by atoms with Gasteiger partial charge in [0.15, 0.2) is 0 Å². The number of nitrogens with zero attached hydrogens (tertiary/aromatic N) is 1. The molecule has 0 aliphatic carbocycles. The summed E-state index contributed by atoms with van der Waals surface area (Å²) < 4.78 is 135. The number of benzene rings is 2. The fourth-order valence-electron chi connectivity index (χ4n) is 4.29. The second kappa shape index (κ2) is 10.1. The average molecular weight is 670 g/mol. The first-order chi connectivity index (χ1) is 17.8. The van der Waals surface area contributed by atoms with Crippen molar-refractivity contribution in [3.63, 3.8) is 0 Å². The van der Waals surface area contributed by atoms with Gasteiger partial charge < -0.3 is 5.32 Å². The van der Waals surface area contributed by atoms with Gasteiger partial charge in [0, 0.05) is 26.8 Å². The van der Waals surface area contributed by atoms with Crippen LogP contribution in [0.5, 0.6) is 0 Å². The van der Waals surface area contributed by atoms with Crippen LogP contribution in [0.2, 0.25) is 0 Å². The molecule has 4 rings (SSSR count). The minimum Gasteiger partial charge on any atom is -0.347 e. The molecule has 2 heterocycles. The van der Waals surface area contributed by atoms with Gasteiger partial charge in [0.1, 0.15) is 5.41 Å². The van der Waals surface area contributed by atoms with Crippen LogP contribution < -0.4 is 5.32 Å². The van der Waals surface area contributed by atoms with Crippen LogP contribution in [0.25, 0.3) is 0 Å². The highest BCUT2D eigenvalue weighted by molar-refractivity contribution is 9.10. The monoisotopic (exact) mass is 668 g/mol. The molecule has 4 nitrogen and oxygen atoms in total. The molecule has 0 radical (unpaired) electrons. The van der Waals surface area contributed by atoms with Crippen LogP contribution in [-0.2, 0) is 28.6 Å². The third-order valence-electron chi connectivity index (χ3n) is 6.40. The quantitative estimate of drug-likeness (QED) is 0.309. The predicted molar refractivity (Wildman–Crippen MR) is 128 cm³/mol. The largest absolute Gasteiger partial charge is 0.416 e. The Kier molecular flexibility index (Phi) is 7.69. The number of carbonyl (C=O) groups excluding carboxylic acids is 1. The standard InChI is InChI=1S/C23H15BrClF9N2O2S/c24-16-3-10(1-2-15(16)19(37)36-14-7-39(38)8-14)17-18(25)20(9-35-17,23(32,33)34)11-4-12(21(26,27)28)6-13(5-11)22(29,30)31/h1-6,14,18H,7-9H2,(H,36,37).